The number of benzene rings is 2. The monoisotopic (exact) mass is 476 g/mol. The number of halogens is 2. The number of urea groups is 2. The quantitative estimate of drug-likeness (QED) is 0.391. The number of carbonyl (C=O) groups is 2. The van der Waals surface area contributed by atoms with Crippen molar-refractivity contribution in [2.75, 3.05) is 23.7 Å². The smallest absolute Gasteiger partial charge is 0.319 e. The van der Waals surface area contributed by atoms with Crippen molar-refractivity contribution in [2.45, 2.75) is 39.5 Å². The van der Waals surface area contributed by atoms with Crippen LogP contribution in [0.4, 0.5) is 21.0 Å². The molecule has 0 spiro atoms. The molecule has 4 N–H and O–H groups in total. The Labute approximate surface area is 199 Å². The molecule has 6 nitrogen and oxygen atoms in total. The zero-order valence-electron chi connectivity index (χ0n) is 18.4. The first-order valence-corrected chi connectivity index (χ1v) is 11.7. The molecule has 0 unspecified atom stereocenters. The molecule has 32 heavy (non-hydrogen) atoms. The summed E-state index contributed by atoms with van der Waals surface area (Å²) in [5.41, 5.74) is 3.34. The normalized spacial score (nSPS) is 18.0. The van der Waals surface area contributed by atoms with Crippen LogP contribution in [0.5, 0.6) is 0 Å². The Balaban J connectivity index is 1.40. The fraction of sp³-hybridized carbons (Fsp3) is 0.417. The molecule has 0 bridgehead atoms. The van der Waals surface area contributed by atoms with E-state index in [0.29, 0.717) is 35.0 Å². The molecule has 8 heteroatoms. The Morgan fingerprint density at radius 2 is 1.25 bits per heavy atom. The number of anilines is 2. The minimum atomic E-state index is -0.214. The fourth-order valence-electron chi connectivity index (χ4n) is 4.11. The first kappa shape index (κ1) is 24.2. The van der Waals surface area contributed by atoms with E-state index < -0.39 is 0 Å². The van der Waals surface area contributed by atoms with Crippen molar-refractivity contribution in [3.8, 4) is 0 Å². The molecule has 1 aliphatic carbocycles. The highest BCUT2D eigenvalue weighted by Crippen LogP contribution is 2.28. The van der Waals surface area contributed by atoms with Gasteiger partial charge in [-0.2, -0.15) is 0 Å². The molecule has 0 saturated heterocycles. The van der Waals surface area contributed by atoms with Crippen molar-refractivity contribution in [1.82, 2.24) is 10.6 Å². The summed E-state index contributed by atoms with van der Waals surface area (Å²) in [5.74, 6) is 0.795. The lowest BCUT2D eigenvalue weighted by molar-refractivity contribution is 0.230. The van der Waals surface area contributed by atoms with E-state index in [1.54, 1.807) is 24.3 Å². The standard InChI is InChI=1S/C24H30Cl2N4O2/c1-15-10-19(25)6-8-21(15)29-23(31)27-13-17-4-3-5-18(12-17)14-28-24(32)30-22-9-7-20(26)11-16(22)2/h6-11,17-18H,3-5,12-14H2,1-2H3,(H2,27,29,31)(H2,28,30,32)/t17-,18+. The molecule has 0 radical (unpaired) electrons. The van der Waals surface area contributed by atoms with Gasteiger partial charge in [-0.15, -0.1) is 0 Å². The third kappa shape index (κ3) is 7.31. The van der Waals surface area contributed by atoms with Gasteiger partial charge in [-0.3, -0.25) is 0 Å². The molecule has 0 aromatic heterocycles. The predicted molar refractivity (Wildman–Crippen MR) is 132 cm³/mol. The van der Waals surface area contributed by atoms with Gasteiger partial charge in [0.1, 0.15) is 0 Å². The summed E-state index contributed by atoms with van der Waals surface area (Å²) < 4.78 is 0. The molecule has 1 fully saturated rings. The lowest BCUT2D eigenvalue weighted by Gasteiger charge is -2.29. The Morgan fingerprint density at radius 1 is 0.812 bits per heavy atom. The minimum absolute atomic E-state index is 0.214. The van der Waals surface area contributed by atoms with Crippen molar-refractivity contribution in [3.63, 3.8) is 0 Å². The molecular weight excluding hydrogens is 447 g/mol. The zero-order chi connectivity index (χ0) is 23.1. The van der Waals surface area contributed by atoms with Crippen molar-refractivity contribution < 1.29 is 9.59 Å². The average molecular weight is 477 g/mol. The number of hydrogen-bond acceptors (Lipinski definition) is 2. The topological polar surface area (TPSA) is 82.3 Å². The van der Waals surface area contributed by atoms with Crippen LogP contribution in [0, 0.1) is 25.7 Å². The van der Waals surface area contributed by atoms with Crippen molar-refractivity contribution >= 4 is 46.6 Å². The summed E-state index contributed by atoms with van der Waals surface area (Å²) in [6, 6.07) is 10.3. The maximum absolute atomic E-state index is 12.3. The Hall–Kier alpha value is -2.44. The van der Waals surface area contributed by atoms with Crippen molar-refractivity contribution in [1.29, 1.82) is 0 Å². The minimum Gasteiger partial charge on any atom is -0.338 e. The Bertz CT molecular complexity index is 892. The average Bonchev–Trinajstić information content (AvgIpc) is 2.75. The van der Waals surface area contributed by atoms with Gasteiger partial charge in [0.15, 0.2) is 0 Å². The van der Waals surface area contributed by atoms with Crippen LogP contribution in [0.3, 0.4) is 0 Å². The zero-order valence-corrected chi connectivity index (χ0v) is 19.9. The second-order valence-electron chi connectivity index (χ2n) is 8.49. The van der Waals surface area contributed by atoms with Crippen LogP contribution in [-0.2, 0) is 0 Å². The maximum atomic E-state index is 12.3. The predicted octanol–water partition coefficient (Wildman–Crippen LogP) is 6.36. The fourth-order valence-corrected chi connectivity index (χ4v) is 4.57. The van der Waals surface area contributed by atoms with E-state index in [2.05, 4.69) is 21.3 Å². The van der Waals surface area contributed by atoms with Crippen LogP contribution in [0.2, 0.25) is 10.0 Å². The number of aryl methyl sites for hydroxylation is 2. The van der Waals surface area contributed by atoms with Gasteiger partial charge in [0.25, 0.3) is 0 Å². The number of carbonyl (C=O) groups excluding carboxylic acids is 2. The van der Waals surface area contributed by atoms with E-state index in [9.17, 15) is 9.59 Å². The first-order chi connectivity index (χ1) is 15.3. The molecule has 4 amide bonds. The number of nitrogens with one attached hydrogen (secondary N) is 4. The molecule has 0 heterocycles. The molecule has 172 valence electrons. The molecule has 3 rings (SSSR count). The molecule has 2 aromatic rings. The number of rotatable bonds is 6. The van der Waals surface area contributed by atoms with Crippen molar-refractivity contribution in [3.05, 3.63) is 57.6 Å². The Morgan fingerprint density at radius 3 is 1.66 bits per heavy atom. The van der Waals surface area contributed by atoms with Crippen LogP contribution in [0.15, 0.2) is 36.4 Å². The van der Waals surface area contributed by atoms with Crippen molar-refractivity contribution in [2.24, 2.45) is 11.8 Å². The van der Waals surface area contributed by atoms with Crippen LogP contribution in [-0.4, -0.2) is 25.2 Å². The van der Waals surface area contributed by atoms with Gasteiger partial charge in [-0.25, -0.2) is 9.59 Å². The third-order valence-electron chi connectivity index (χ3n) is 5.87. The highest BCUT2D eigenvalue weighted by atomic mass is 35.5. The second kappa shape index (κ2) is 11.4. The summed E-state index contributed by atoms with van der Waals surface area (Å²) in [6.07, 6.45) is 4.22. The van der Waals surface area contributed by atoms with E-state index >= 15 is 0 Å². The summed E-state index contributed by atoms with van der Waals surface area (Å²) in [7, 11) is 0. The summed E-state index contributed by atoms with van der Waals surface area (Å²) in [4.78, 5) is 24.6. The SMILES string of the molecule is Cc1cc(Cl)ccc1NC(=O)NC[C@H]1CCC[C@@H](CNC(=O)Nc2ccc(Cl)cc2C)C1. The third-order valence-corrected chi connectivity index (χ3v) is 6.34. The van der Waals surface area contributed by atoms with E-state index in [-0.39, 0.29) is 12.1 Å². The van der Waals surface area contributed by atoms with E-state index in [1.807, 2.05) is 26.0 Å². The Kier molecular flexibility index (Phi) is 8.65. The molecular formula is C24H30Cl2N4O2. The summed E-state index contributed by atoms with van der Waals surface area (Å²) in [5, 5.41) is 13.0. The molecule has 1 saturated carbocycles. The van der Waals surface area contributed by atoms with Gasteiger partial charge in [0.2, 0.25) is 0 Å². The van der Waals surface area contributed by atoms with Crippen LogP contribution in [0.25, 0.3) is 0 Å². The second-order valence-corrected chi connectivity index (χ2v) is 9.36. The highest BCUT2D eigenvalue weighted by Gasteiger charge is 2.23. The molecule has 2 atom stereocenters. The molecule has 2 aromatic carbocycles. The van der Waals surface area contributed by atoms with Gasteiger partial charge in [0, 0.05) is 34.5 Å². The van der Waals surface area contributed by atoms with Gasteiger partial charge in [-0.05, 0) is 92.5 Å². The summed E-state index contributed by atoms with van der Waals surface area (Å²) >= 11 is 11.9. The lowest BCUT2D eigenvalue weighted by atomic mass is 9.81. The number of hydrogen-bond donors (Lipinski definition) is 4. The van der Waals surface area contributed by atoms with Crippen LogP contribution < -0.4 is 21.3 Å². The molecule has 1 aliphatic rings. The molecule has 0 aliphatic heterocycles. The van der Waals surface area contributed by atoms with E-state index in [0.717, 1.165) is 48.2 Å². The van der Waals surface area contributed by atoms with Crippen LogP contribution in [0.1, 0.15) is 36.8 Å². The largest absolute Gasteiger partial charge is 0.338 e. The van der Waals surface area contributed by atoms with E-state index in [1.165, 1.54) is 0 Å². The maximum Gasteiger partial charge on any atom is 0.319 e. The van der Waals surface area contributed by atoms with Crippen LogP contribution >= 0.6 is 23.2 Å². The van der Waals surface area contributed by atoms with E-state index in [4.69, 9.17) is 23.2 Å². The van der Waals surface area contributed by atoms with Gasteiger partial charge < -0.3 is 21.3 Å². The van der Waals surface area contributed by atoms with Gasteiger partial charge in [0.05, 0.1) is 0 Å². The van der Waals surface area contributed by atoms with Gasteiger partial charge in [-0.1, -0.05) is 29.6 Å². The first-order valence-electron chi connectivity index (χ1n) is 10.9. The summed E-state index contributed by atoms with van der Waals surface area (Å²) in [6.45, 7) is 5.05. The highest BCUT2D eigenvalue weighted by molar-refractivity contribution is 6.31. The number of amides is 4. The van der Waals surface area contributed by atoms with Gasteiger partial charge >= 0.3 is 12.1 Å². The lowest BCUT2D eigenvalue weighted by Crippen LogP contribution is -2.38.